The van der Waals surface area contributed by atoms with E-state index in [1.165, 1.54) is 0 Å². The van der Waals surface area contributed by atoms with Crippen molar-refractivity contribution in [2.24, 2.45) is 0 Å². The van der Waals surface area contributed by atoms with Crippen molar-refractivity contribution in [1.29, 1.82) is 0 Å². The summed E-state index contributed by atoms with van der Waals surface area (Å²) >= 11 is 0. The van der Waals surface area contributed by atoms with E-state index in [0.29, 0.717) is 24.3 Å². The van der Waals surface area contributed by atoms with E-state index in [1.54, 1.807) is 6.07 Å². The van der Waals surface area contributed by atoms with E-state index in [4.69, 9.17) is 9.52 Å². The highest BCUT2D eigenvalue weighted by Crippen LogP contribution is 2.48. The first-order valence-electron chi connectivity index (χ1n) is 4.82. The van der Waals surface area contributed by atoms with Gasteiger partial charge in [-0.05, 0) is 25.0 Å². The van der Waals surface area contributed by atoms with Crippen LogP contribution in [0.1, 0.15) is 18.7 Å². The largest absolute Gasteiger partial charge is 0.480 e. The van der Waals surface area contributed by atoms with Gasteiger partial charge in [-0.15, -0.1) is 0 Å². The number of aliphatic carboxylic acids is 1. The van der Waals surface area contributed by atoms with Crippen molar-refractivity contribution >= 4 is 17.1 Å². The fourth-order valence-electron chi connectivity index (χ4n) is 1.72. The Balaban J connectivity index is 2.17. The van der Waals surface area contributed by atoms with Crippen LogP contribution in [-0.4, -0.2) is 16.1 Å². The Hall–Kier alpha value is -1.84. The fourth-order valence-corrected chi connectivity index (χ4v) is 1.72. The van der Waals surface area contributed by atoms with E-state index < -0.39 is 11.4 Å². The summed E-state index contributed by atoms with van der Waals surface area (Å²) in [4.78, 5) is 15.3. The number of rotatable bonds is 2. The van der Waals surface area contributed by atoms with Gasteiger partial charge in [0, 0.05) is 0 Å². The number of hydrogen-bond acceptors (Lipinski definition) is 3. The van der Waals surface area contributed by atoms with Crippen LogP contribution in [0.5, 0.6) is 0 Å². The molecule has 0 aliphatic heterocycles. The Kier molecular flexibility index (Phi) is 1.46. The molecule has 1 aliphatic carbocycles. The first-order chi connectivity index (χ1) is 7.22. The van der Waals surface area contributed by atoms with Gasteiger partial charge < -0.3 is 9.52 Å². The van der Waals surface area contributed by atoms with Crippen LogP contribution >= 0.6 is 0 Å². The van der Waals surface area contributed by atoms with Gasteiger partial charge in [-0.2, -0.15) is 0 Å². The van der Waals surface area contributed by atoms with Gasteiger partial charge in [0.25, 0.3) is 0 Å². The maximum atomic E-state index is 11.1. The summed E-state index contributed by atoms with van der Waals surface area (Å²) in [7, 11) is 0. The van der Waals surface area contributed by atoms with Gasteiger partial charge in [0.05, 0.1) is 0 Å². The number of hydrogen-bond donors (Lipinski definition) is 1. The van der Waals surface area contributed by atoms with Crippen LogP contribution in [0.2, 0.25) is 0 Å². The lowest BCUT2D eigenvalue weighted by atomic mass is 10.1. The van der Waals surface area contributed by atoms with Crippen LogP contribution in [-0.2, 0) is 10.2 Å². The summed E-state index contributed by atoms with van der Waals surface area (Å²) in [6.07, 6.45) is 1.24. The quantitative estimate of drug-likeness (QED) is 0.810. The van der Waals surface area contributed by atoms with Gasteiger partial charge in [-0.25, -0.2) is 4.98 Å². The molecule has 4 nitrogen and oxygen atoms in total. The van der Waals surface area contributed by atoms with Gasteiger partial charge in [-0.3, -0.25) is 4.79 Å². The summed E-state index contributed by atoms with van der Waals surface area (Å²) in [5.41, 5.74) is 0.527. The van der Waals surface area contributed by atoms with Crippen molar-refractivity contribution in [3.63, 3.8) is 0 Å². The molecule has 1 fully saturated rings. The first-order valence-corrected chi connectivity index (χ1v) is 4.82. The van der Waals surface area contributed by atoms with Gasteiger partial charge in [0.15, 0.2) is 5.58 Å². The lowest BCUT2D eigenvalue weighted by Crippen LogP contribution is -2.19. The molecule has 0 bridgehead atoms. The molecule has 15 heavy (non-hydrogen) atoms. The second-order valence-corrected chi connectivity index (χ2v) is 3.87. The Labute approximate surface area is 85.5 Å². The van der Waals surface area contributed by atoms with E-state index in [9.17, 15) is 4.79 Å². The minimum atomic E-state index is -0.848. The third-order valence-corrected chi connectivity index (χ3v) is 2.86. The predicted octanol–water partition coefficient (Wildman–Crippen LogP) is 1.94. The van der Waals surface area contributed by atoms with Crippen LogP contribution in [0, 0.1) is 0 Å². The number of para-hydroxylation sites is 2. The maximum absolute atomic E-state index is 11.1. The molecule has 0 spiro atoms. The molecule has 2 aromatic rings. The van der Waals surface area contributed by atoms with Crippen molar-refractivity contribution < 1.29 is 14.3 Å². The third-order valence-electron chi connectivity index (χ3n) is 2.86. The average molecular weight is 203 g/mol. The topological polar surface area (TPSA) is 63.3 Å². The molecule has 0 amide bonds. The van der Waals surface area contributed by atoms with E-state index in [1.807, 2.05) is 18.2 Å². The van der Waals surface area contributed by atoms with Crippen molar-refractivity contribution in [3.8, 4) is 0 Å². The minimum Gasteiger partial charge on any atom is -0.480 e. The molecule has 0 saturated heterocycles. The molecule has 0 atom stereocenters. The number of fused-ring (bicyclic) bond motifs is 1. The van der Waals surface area contributed by atoms with Gasteiger partial charge >= 0.3 is 5.97 Å². The Morgan fingerprint density at radius 1 is 1.40 bits per heavy atom. The SMILES string of the molecule is O=C(O)C1(c2nc3ccccc3o2)CC1. The molecule has 1 aliphatic rings. The lowest BCUT2D eigenvalue weighted by Gasteiger charge is -2.01. The number of aromatic nitrogens is 1. The van der Waals surface area contributed by atoms with Crippen LogP contribution in [0.4, 0.5) is 0 Å². The van der Waals surface area contributed by atoms with E-state index in [0.717, 1.165) is 5.52 Å². The monoisotopic (exact) mass is 203 g/mol. The minimum absolute atomic E-state index is 0.344. The Morgan fingerprint density at radius 3 is 2.73 bits per heavy atom. The number of oxazole rings is 1. The van der Waals surface area contributed by atoms with Gasteiger partial charge in [0.1, 0.15) is 10.9 Å². The number of benzene rings is 1. The normalized spacial score (nSPS) is 17.9. The third kappa shape index (κ3) is 1.08. The summed E-state index contributed by atoms with van der Waals surface area (Å²) in [6.45, 7) is 0. The zero-order valence-electron chi connectivity index (χ0n) is 7.93. The van der Waals surface area contributed by atoms with E-state index in [-0.39, 0.29) is 0 Å². The molecular formula is C11H9NO3. The van der Waals surface area contributed by atoms with Crippen LogP contribution in [0.3, 0.4) is 0 Å². The second kappa shape index (κ2) is 2.59. The van der Waals surface area contributed by atoms with Crippen molar-refractivity contribution in [2.45, 2.75) is 18.3 Å². The van der Waals surface area contributed by atoms with Crippen molar-refractivity contribution in [2.75, 3.05) is 0 Å². The molecule has 1 N–H and O–H groups in total. The number of carboxylic acids is 1. The average Bonchev–Trinajstić information content (AvgIpc) is 2.93. The molecule has 3 rings (SSSR count). The smallest absolute Gasteiger partial charge is 0.319 e. The first kappa shape index (κ1) is 8.47. The molecule has 1 aromatic heterocycles. The van der Waals surface area contributed by atoms with Gasteiger partial charge in [-0.1, -0.05) is 12.1 Å². The zero-order chi connectivity index (χ0) is 10.5. The summed E-state index contributed by atoms with van der Waals surface area (Å²) in [6, 6.07) is 7.32. The summed E-state index contributed by atoms with van der Waals surface area (Å²) < 4.78 is 5.46. The van der Waals surface area contributed by atoms with Crippen molar-refractivity contribution in [1.82, 2.24) is 4.98 Å². The molecular weight excluding hydrogens is 194 g/mol. The van der Waals surface area contributed by atoms with Crippen LogP contribution in [0.15, 0.2) is 28.7 Å². The lowest BCUT2D eigenvalue weighted by molar-refractivity contribution is -0.140. The van der Waals surface area contributed by atoms with Crippen LogP contribution < -0.4 is 0 Å². The predicted molar refractivity (Wildman–Crippen MR) is 52.6 cm³/mol. The second-order valence-electron chi connectivity index (χ2n) is 3.87. The zero-order valence-corrected chi connectivity index (χ0v) is 7.93. The van der Waals surface area contributed by atoms with Crippen molar-refractivity contribution in [3.05, 3.63) is 30.2 Å². The van der Waals surface area contributed by atoms with E-state index >= 15 is 0 Å². The fraction of sp³-hybridized carbons (Fsp3) is 0.273. The summed E-state index contributed by atoms with van der Waals surface area (Å²) in [5.74, 6) is -0.495. The van der Waals surface area contributed by atoms with E-state index in [2.05, 4.69) is 4.98 Å². The maximum Gasteiger partial charge on any atom is 0.319 e. The molecule has 76 valence electrons. The highest BCUT2D eigenvalue weighted by atomic mass is 16.4. The molecule has 0 unspecified atom stereocenters. The summed E-state index contributed by atoms with van der Waals surface area (Å²) in [5, 5.41) is 9.08. The molecule has 1 heterocycles. The Morgan fingerprint density at radius 2 is 2.13 bits per heavy atom. The molecule has 4 heteroatoms. The van der Waals surface area contributed by atoms with Crippen LogP contribution in [0.25, 0.3) is 11.1 Å². The highest BCUT2D eigenvalue weighted by Gasteiger charge is 2.56. The molecule has 0 radical (unpaired) electrons. The molecule has 1 aromatic carbocycles. The molecule has 1 saturated carbocycles. The number of carboxylic acid groups (broad SMARTS) is 1. The standard InChI is InChI=1S/C11H9NO3/c13-10(14)11(5-6-11)9-12-7-3-1-2-4-8(7)15-9/h1-4H,5-6H2,(H,13,14). The highest BCUT2D eigenvalue weighted by molar-refractivity contribution is 5.84. The van der Waals surface area contributed by atoms with Gasteiger partial charge in [0.2, 0.25) is 5.89 Å². The number of carbonyl (C=O) groups is 1. The number of nitrogens with zero attached hydrogens (tertiary/aromatic N) is 1. The Bertz CT molecular complexity index is 507.